The van der Waals surface area contributed by atoms with E-state index in [4.69, 9.17) is 23.2 Å². The molecule has 3 rings (SSSR count). The van der Waals surface area contributed by atoms with Crippen LogP contribution in [0, 0.1) is 13.8 Å². The van der Waals surface area contributed by atoms with E-state index in [-0.39, 0.29) is 23.3 Å². The summed E-state index contributed by atoms with van der Waals surface area (Å²) < 4.78 is 0. The first-order chi connectivity index (χ1) is 11.4. The second-order valence-corrected chi connectivity index (χ2v) is 6.64. The van der Waals surface area contributed by atoms with Crippen molar-refractivity contribution >= 4 is 46.4 Å². The largest absolute Gasteiger partial charge is 0.373 e. The number of anilines is 2. The topological polar surface area (TPSA) is 49.4 Å². The zero-order valence-electron chi connectivity index (χ0n) is 13.3. The number of carbonyl (C=O) groups is 2. The van der Waals surface area contributed by atoms with Gasteiger partial charge in [-0.2, -0.15) is 0 Å². The fourth-order valence-electron chi connectivity index (χ4n) is 2.83. The molecule has 1 unspecified atom stereocenters. The Bertz CT molecular complexity index is 836. The molecule has 1 saturated heterocycles. The number of aryl methyl sites for hydroxylation is 2. The number of imide groups is 1. The Morgan fingerprint density at radius 3 is 2.58 bits per heavy atom. The van der Waals surface area contributed by atoms with Crippen LogP contribution in [-0.2, 0) is 9.59 Å². The minimum absolute atomic E-state index is 0.0784. The minimum Gasteiger partial charge on any atom is -0.373 e. The molecule has 124 valence electrons. The lowest BCUT2D eigenvalue weighted by molar-refractivity contribution is -0.121. The van der Waals surface area contributed by atoms with Gasteiger partial charge < -0.3 is 5.32 Å². The van der Waals surface area contributed by atoms with Crippen molar-refractivity contribution < 1.29 is 9.59 Å². The summed E-state index contributed by atoms with van der Waals surface area (Å²) >= 11 is 12.1. The maximum Gasteiger partial charge on any atom is 0.256 e. The molecule has 1 aliphatic heterocycles. The molecule has 2 aromatic carbocycles. The van der Waals surface area contributed by atoms with Crippen LogP contribution in [0.3, 0.4) is 0 Å². The van der Waals surface area contributed by atoms with Gasteiger partial charge in [0.1, 0.15) is 6.04 Å². The van der Waals surface area contributed by atoms with E-state index >= 15 is 0 Å². The molecule has 2 amide bonds. The summed E-state index contributed by atoms with van der Waals surface area (Å²) in [5, 5.41) is 3.67. The Hall–Kier alpha value is -2.04. The number of halogens is 2. The number of hydrogen-bond acceptors (Lipinski definition) is 3. The predicted molar refractivity (Wildman–Crippen MR) is 96.9 cm³/mol. The molecule has 0 bridgehead atoms. The smallest absolute Gasteiger partial charge is 0.256 e. The normalized spacial score (nSPS) is 17.5. The number of nitrogens with zero attached hydrogens (tertiary/aromatic N) is 1. The Balaban J connectivity index is 1.88. The van der Waals surface area contributed by atoms with Crippen molar-refractivity contribution in [1.29, 1.82) is 0 Å². The van der Waals surface area contributed by atoms with Crippen molar-refractivity contribution in [3.63, 3.8) is 0 Å². The van der Waals surface area contributed by atoms with Crippen LogP contribution < -0.4 is 10.2 Å². The number of hydrogen-bond donors (Lipinski definition) is 1. The lowest BCUT2D eigenvalue weighted by Gasteiger charge is -2.18. The molecule has 1 heterocycles. The van der Waals surface area contributed by atoms with Crippen molar-refractivity contribution in [3.05, 3.63) is 57.6 Å². The molecule has 4 nitrogen and oxygen atoms in total. The summed E-state index contributed by atoms with van der Waals surface area (Å²) in [6, 6.07) is 10.2. The predicted octanol–water partition coefficient (Wildman–Crippen LogP) is 4.35. The average Bonchev–Trinajstić information content (AvgIpc) is 2.80. The first kappa shape index (κ1) is 16.8. The molecule has 0 radical (unpaired) electrons. The zero-order chi connectivity index (χ0) is 17.4. The summed E-state index contributed by atoms with van der Waals surface area (Å²) in [5.74, 6) is -0.629. The van der Waals surface area contributed by atoms with E-state index in [9.17, 15) is 9.59 Å². The fraction of sp³-hybridized carbons (Fsp3) is 0.222. The molecule has 0 saturated carbocycles. The van der Waals surface area contributed by atoms with Crippen LogP contribution in [0.1, 0.15) is 17.5 Å². The standard InChI is InChI=1S/C18H16Cl2N2O2/c1-10-6-7-13(11(2)8-10)21-14-9-16(23)22(18(14)24)15-5-3-4-12(19)17(15)20/h3-8,14,21H,9H2,1-2H3. The van der Waals surface area contributed by atoms with Crippen molar-refractivity contribution in [2.45, 2.75) is 26.3 Å². The highest BCUT2D eigenvalue weighted by Gasteiger charge is 2.40. The maximum absolute atomic E-state index is 12.7. The maximum atomic E-state index is 12.7. The first-order valence-corrected chi connectivity index (χ1v) is 8.28. The molecule has 0 aromatic heterocycles. The van der Waals surface area contributed by atoms with Gasteiger partial charge in [-0.25, -0.2) is 4.90 Å². The van der Waals surface area contributed by atoms with E-state index in [2.05, 4.69) is 5.32 Å². The van der Waals surface area contributed by atoms with Crippen molar-refractivity contribution in [3.8, 4) is 0 Å². The van der Waals surface area contributed by atoms with E-state index in [0.717, 1.165) is 21.7 Å². The number of amides is 2. The van der Waals surface area contributed by atoms with Gasteiger partial charge in [0.25, 0.3) is 5.91 Å². The highest BCUT2D eigenvalue weighted by atomic mass is 35.5. The minimum atomic E-state index is -0.617. The quantitative estimate of drug-likeness (QED) is 0.825. The van der Waals surface area contributed by atoms with Crippen molar-refractivity contribution in [2.24, 2.45) is 0 Å². The Morgan fingerprint density at radius 1 is 1.12 bits per heavy atom. The van der Waals surface area contributed by atoms with E-state index < -0.39 is 6.04 Å². The third-order valence-corrected chi connectivity index (χ3v) is 4.84. The van der Waals surface area contributed by atoms with E-state index in [1.54, 1.807) is 18.2 Å². The van der Waals surface area contributed by atoms with Crippen molar-refractivity contribution in [1.82, 2.24) is 0 Å². The second-order valence-electron chi connectivity index (χ2n) is 5.86. The van der Waals surface area contributed by atoms with Gasteiger partial charge >= 0.3 is 0 Å². The molecule has 0 spiro atoms. The molecule has 6 heteroatoms. The molecular formula is C18H16Cl2N2O2. The van der Waals surface area contributed by atoms with E-state index in [1.165, 1.54) is 0 Å². The Labute approximate surface area is 150 Å². The number of carbonyl (C=O) groups excluding carboxylic acids is 2. The molecule has 1 aliphatic rings. The molecule has 1 N–H and O–H groups in total. The number of nitrogens with one attached hydrogen (secondary N) is 1. The van der Waals surface area contributed by atoms with Crippen LogP contribution in [0.15, 0.2) is 36.4 Å². The SMILES string of the molecule is Cc1ccc(NC2CC(=O)N(c3cccc(Cl)c3Cl)C2=O)c(C)c1. The summed E-state index contributed by atoms with van der Waals surface area (Å²) in [4.78, 5) is 26.2. The van der Waals surface area contributed by atoms with Crippen LogP contribution in [-0.4, -0.2) is 17.9 Å². The van der Waals surface area contributed by atoms with Gasteiger partial charge in [-0.1, -0.05) is 47.0 Å². The molecular weight excluding hydrogens is 347 g/mol. The van der Waals surface area contributed by atoms with Gasteiger partial charge in [0.2, 0.25) is 5.91 Å². The van der Waals surface area contributed by atoms with Gasteiger partial charge in [-0.3, -0.25) is 9.59 Å². The van der Waals surface area contributed by atoms with E-state index in [0.29, 0.717) is 10.7 Å². The molecule has 1 fully saturated rings. The lowest BCUT2D eigenvalue weighted by Crippen LogP contribution is -2.35. The molecule has 1 atom stereocenters. The van der Waals surface area contributed by atoms with Crippen LogP contribution >= 0.6 is 23.2 Å². The summed E-state index contributed by atoms with van der Waals surface area (Å²) in [6.07, 6.45) is 0.0784. The van der Waals surface area contributed by atoms with Crippen LogP contribution in [0.5, 0.6) is 0 Å². The highest BCUT2D eigenvalue weighted by Crippen LogP contribution is 2.35. The first-order valence-electron chi connectivity index (χ1n) is 7.53. The van der Waals surface area contributed by atoms with Gasteiger partial charge in [0, 0.05) is 5.69 Å². The molecule has 2 aromatic rings. The van der Waals surface area contributed by atoms with Crippen LogP contribution in [0.25, 0.3) is 0 Å². The Kier molecular flexibility index (Phi) is 4.52. The van der Waals surface area contributed by atoms with Crippen LogP contribution in [0.2, 0.25) is 10.0 Å². The highest BCUT2D eigenvalue weighted by molar-refractivity contribution is 6.45. The lowest BCUT2D eigenvalue weighted by atomic mass is 10.1. The van der Waals surface area contributed by atoms with Crippen molar-refractivity contribution in [2.75, 3.05) is 10.2 Å². The monoisotopic (exact) mass is 362 g/mol. The Morgan fingerprint density at radius 2 is 1.88 bits per heavy atom. The van der Waals surface area contributed by atoms with Gasteiger partial charge in [0.15, 0.2) is 0 Å². The number of rotatable bonds is 3. The summed E-state index contributed by atoms with van der Waals surface area (Å²) in [6.45, 7) is 3.96. The fourth-order valence-corrected chi connectivity index (χ4v) is 3.21. The molecule has 0 aliphatic carbocycles. The summed E-state index contributed by atoms with van der Waals surface area (Å²) in [7, 11) is 0. The van der Waals surface area contributed by atoms with Gasteiger partial charge in [0.05, 0.1) is 22.2 Å². The second kappa shape index (κ2) is 6.46. The van der Waals surface area contributed by atoms with Crippen LogP contribution in [0.4, 0.5) is 11.4 Å². The third kappa shape index (κ3) is 2.99. The third-order valence-electron chi connectivity index (χ3n) is 4.03. The van der Waals surface area contributed by atoms with E-state index in [1.807, 2.05) is 32.0 Å². The molecule has 24 heavy (non-hydrogen) atoms. The van der Waals surface area contributed by atoms with Gasteiger partial charge in [-0.05, 0) is 37.6 Å². The summed E-state index contributed by atoms with van der Waals surface area (Å²) in [5.41, 5.74) is 3.32. The zero-order valence-corrected chi connectivity index (χ0v) is 14.8. The number of benzene rings is 2. The average molecular weight is 363 g/mol. The van der Waals surface area contributed by atoms with Gasteiger partial charge in [-0.15, -0.1) is 0 Å².